The van der Waals surface area contributed by atoms with Gasteiger partial charge in [0.05, 0.1) is 0 Å². The van der Waals surface area contributed by atoms with Crippen LogP contribution in [-0.2, 0) is 4.79 Å². The zero-order chi connectivity index (χ0) is 15.2. The summed E-state index contributed by atoms with van der Waals surface area (Å²) in [7, 11) is 0. The van der Waals surface area contributed by atoms with Crippen molar-refractivity contribution in [2.24, 2.45) is 5.84 Å². The molecule has 21 heavy (non-hydrogen) atoms. The third-order valence-corrected chi connectivity index (χ3v) is 3.62. The van der Waals surface area contributed by atoms with Crippen LogP contribution in [0.15, 0.2) is 63.2 Å². The molecule has 0 fully saturated rings. The smallest absolute Gasteiger partial charge is 0.300 e. The van der Waals surface area contributed by atoms with Gasteiger partial charge in [-0.3, -0.25) is 10.2 Å². The molecule has 0 saturated heterocycles. The van der Waals surface area contributed by atoms with Crippen LogP contribution in [0.2, 0.25) is 0 Å². The van der Waals surface area contributed by atoms with E-state index in [1.165, 1.54) is 0 Å². The standard InChI is InChI=1S/C15H12Br2N2O2/c16-11-3-1-10(2-4-11)9-14(15(20)19-18)21-13-7-5-12(17)6-8-13/h1-9H,18H2,(H,19,20)/b14-9-. The average molecular weight is 412 g/mol. The van der Waals surface area contributed by atoms with E-state index in [0.717, 1.165) is 14.5 Å². The largest absolute Gasteiger partial charge is 0.452 e. The average Bonchev–Trinajstić information content (AvgIpc) is 2.50. The second-order valence-electron chi connectivity index (χ2n) is 4.09. The Balaban J connectivity index is 2.27. The molecule has 6 heteroatoms. The second-order valence-corrected chi connectivity index (χ2v) is 5.92. The van der Waals surface area contributed by atoms with Gasteiger partial charge in [0, 0.05) is 8.95 Å². The molecule has 0 saturated carbocycles. The number of carbonyl (C=O) groups excluding carboxylic acids is 1. The molecule has 0 aromatic heterocycles. The topological polar surface area (TPSA) is 64.3 Å². The van der Waals surface area contributed by atoms with Crippen molar-refractivity contribution in [1.82, 2.24) is 5.43 Å². The lowest BCUT2D eigenvalue weighted by atomic mass is 10.2. The van der Waals surface area contributed by atoms with E-state index in [1.54, 1.807) is 18.2 Å². The van der Waals surface area contributed by atoms with Gasteiger partial charge in [-0.25, -0.2) is 5.84 Å². The fourth-order valence-corrected chi connectivity index (χ4v) is 2.08. The lowest BCUT2D eigenvalue weighted by Crippen LogP contribution is -2.33. The van der Waals surface area contributed by atoms with Crippen LogP contribution in [0.25, 0.3) is 6.08 Å². The van der Waals surface area contributed by atoms with Crippen molar-refractivity contribution in [3.05, 3.63) is 68.8 Å². The summed E-state index contributed by atoms with van der Waals surface area (Å²) in [5.41, 5.74) is 2.91. The molecule has 0 unspecified atom stereocenters. The van der Waals surface area contributed by atoms with E-state index >= 15 is 0 Å². The van der Waals surface area contributed by atoms with Crippen LogP contribution in [0.1, 0.15) is 5.56 Å². The second kappa shape index (κ2) is 7.40. The van der Waals surface area contributed by atoms with Crippen LogP contribution >= 0.6 is 31.9 Å². The van der Waals surface area contributed by atoms with Crippen LogP contribution in [0.3, 0.4) is 0 Å². The highest BCUT2D eigenvalue weighted by Gasteiger charge is 2.11. The minimum absolute atomic E-state index is 0.113. The summed E-state index contributed by atoms with van der Waals surface area (Å²) < 4.78 is 7.48. The van der Waals surface area contributed by atoms with Gasteiger partial charge < -0.3 is 4.74 Å². The van der Waals surface area contributed by atoms with Crippen molar-refractivity contribution < 1.29 is 9.53 Å². The molecule has 0 aliphatic carbocycles. The lowest BCUT2D eigenvalue weighted by Gasteiger charge is -2.09. The van der Waals surface area contributed by atoms with Crippen molar-refractivity contribution in [1.29, 1.82) is 0 Å². The minimum atomic E-state index is -0.499. The molecule has 108 valence electrons. The van der Waals surface area contributed by atoms with Crippen molar-refractivity contribution >= 4 is 43.8 Å². The van der Waals surface area contributed by atoms with Crippen LogP contribution in [0.4, 0.5) is 0 Å². The Morgan fingerprint density at radius 2 is 1.52 bits per heavy atom. The highest BCUT2D eigenvalue weighted by atomic mass is 79.9. The van der Waals surface area contributed by atoms with Gasteiger partial charge in [0.1, 0.15) is 5.75 Å². The number of hydrogen-bond donors (Lipinski definition) is 2. The van der Waals surface area contributed by atoms with E-state index in [-0.39, 0.29) is 5.76 Å². The third-order valence-electron chi connectivity index (χ3n) is 2.56. The van der Waals surface area contributed by atoms with E-state index in [2.05, 4.69) is 37.3 Å². The molecular formula is C15H12Br2N2O2. The van der Waals surface area contributed by atoms with Crippen LogP contribution in [-0.4, -0.2) is 5.91 Å². The maximum absolute atomic E-state index is 11.8. The Morgan fingerprint density at radius 1 is 1.00 bits per heavy atom. The Morgan fingerprint density at radius 3 is 2.05 bits per heavy atom. The van der Waals surface area contributed by atoms with Gasteiger partial charge in [-0.2, -0.15) is 0 Å². The number of amides is 1. The summed E-state index contributed by atoms with van der Waals surface area (Å²) in [6, 6.07) is 14.6. The third kappa shape index (κ3) is 4.70. The van der Waals surface area contributed by atoms with E-state index < -0.39 is 5.91 Å². The lowest BCUT2D eigenvalue weighted by molar-refractivity contribution is -0.119. The Hall–Kier alpha value is -1.63. The molecule has 0 aliphatic rings. The highest BCUT2D eigenvalue weighted by Crippen LogP contribution is 2.20. The highest BCUT2D eigenvalue weighted by molar-refractivity contribution is 9.10. The number of rotatable bonds is 4. The van der Waals surface area contributed by atoms with Gasteiger partial charge in [0.25, 0.3) is 0 Å². The molecule has 0 radical (unpaired) electrons. The molecule has 3 N–H and O–H groups in total. The number of nitrogens with one attached hydrogen (secondary N) is 1. The van der Waals surface area contributed by atoms with E-state index in [9.17, 15) is 4.79 Å². The molecule has 2 rings (SSSR count). The van der Waals surface area contributed by atoms with Gasteiger partial charge in [-0.1, -0.05) is 44.0 Å². The molecule has 0 bridgehead atoms. The Labute approximate surface area is 139 Å². The summed E-state index contributed by atoms with van der Waals surface area (Å²) in [4.78, 5) is 11.8. The normalized spacial score (nSPS) is 11.1. The number of nitrogens with two attached hydrogens (primary N) is 1. The molecule has 0 spiro atoms. The molecule has 0 aliphatic heterocycles. The number of benzene rings is 2. The fourth-order valence-electron chi connectivity index (χ4n) is 1.55. The van der Waals surface area contributed by atoms with E-state index in [0.29, 0.717) is 5.75 Å². The number of carbonyl (C=O) groups is 1. The minimum Gasteiger partial charge on any atom is -0.452 e. The first-order valence-corrected chi connectivity index (χ1v) is 7.59. The Bertz CT molecular complexity index is 652. The predicted octanol–water partition coefficient (Wildman–Crippen LogP) is 3.62. The van der Waals surface area contributed by atoms with E-state index in [1.807, 2.05) is 36.4 Å². The number of hydrazine groups is 1. The molecule has 2 aromatic rings. The SMILES string of the molecule is NNC(=O)/C(=C/c1ccc(Br)cc1)Oc1ccc(Br)cc1. The number of halogens is 2. The van der Waals surface area contributed by atoms with Gasteiger partial charge >= 0.3 is 5.91 Å². The van der Waals surface area contributed by atoms with Gasteiger partial charge in [0.2, 0.25) is 0 Å². The summed E-state index contributed by atoms with van der Waals surface area (Å²) in [5, 5.41) is 0. The predicted molar refractivity (Wildman–Crippen MR) is 89.2 cm³/mol. The molecule has 1 amide bonds. The van der Waals surface area contributed by atoms with E-state index in [4.69, 9.17) is 10.6 Å². The number of hydrogen-bond acceptors (Lipinski definition) is 3. The van der Waals surface area contributed by atoms with Crippen LogP contribution in [0.5, 0.6) is 5.75 Å². The van der Waals surface area contributed by atoms with Crippen molar-refractivity contribution in [3.8, 4) is 5.75 Å². The zero-order valence-electron chi connectivity index (χ0n) is 10.8. The molecule has 0 atom stereocenters. The first kappa shape index (κ1) is 15.8. The van der Waals surface area contributed by atoms with Gasteiger partial charge in [-0.15, -0.1) is 0 Å². The monoisotopic (exact) mass is 410 g/mol. The maximum Gasteiger partial charge on any atom is 0.300 e. The molecule has 4 nitrogen and oxygen atoms in total. The van der Waals surface area contributed by atoms with Crippen molar-refractivity contribution in [3.63, 3.8) is 0 Å². The van der Waals surface area contributed by atoms with Crippen molar-refractivity contribution in [2.75, 3.05) is 0 Å². The molecule has 2 aromatic carbocycles. The van der Waals surface area contributed by atoms with Crippen LogP contribution < -0.4 is 16.0 Å². The maximum atomic E-state index is 11.8. The fraction of sp³-hybridized carbons (Fsp3) is 0. The first-order chi connectivity index (χ1) is 10.1. The van der Waals surface area contributed by atoms with Crippen LogP contribution in [0, 0.1) is 0 Å². The summed E-state index contributed by atoms with van der Waals surface area (Å²) in [6.45, 7) is 0. The number of ether oxygens (including phenoxy) is 1. The molecular weight excluding hydrogens is 400 g/mol. The summed E-state index contributed by atoms with van der Waals surface area (Å²) >= 11 is 6.70. The molecule has 0 heterocycles. The zero-order valence-corrected chi connectivity index (χ0v) is 14.0. The van der Waals surface area contributed by atoms with Crippen molar-refractivity contribution in [2.45, 2.75) is 0 Å². The first-order valence-electron chi connectivity index (χ1n) is 6.00. The summed E-state index contributed by atoms with van der Waals surface area (Å²) in [5.74, 6) is 5.35. The van der Waals surface area contributed by atoms with Gasteiger partial charge in [-0.05, 0) is 48.0 Å². The summed E-state index contributed by atoms with van der Waals surface area (Å²) in [6.07, 6.45) is 1.62. The Kier molecular flexibility index (Phi) is 5.55. The quantitative estimate of drug-likeness (QED) is 0.265. The van der Waals surface area contributed by atoms with Gasteiger partial charge in [0.15, 0.2) is 5.76 Å².